The molecule has 0 aromatic heterocycles. The van der Waals surface area contributed by atoms with Crippen LogP contribution in [0.25, 0.3) is 0 Å². The number of carbonyl (C=O) groups is 1. The number of rotatable bonds is 4. The first-order chi connectivity index (χ1) is 6.77. The van der Waals surface area contributed by atoms with Crippen molar-refractivity contribution in [3.05, 3.63) is 29.8 Å². The topological polar surface area (TPSA) is 64.3 Å². The maximum absolute atomic E-state index is 11.2. The van der Waals surface area contributed by atoms with Gasteiger partial charge in [0.2, 0.25) is 0 Å². The molecule has 14 heavy (non-hydrogen) atoms. The smallest absolute Gasteiger partial charge is 0.251 e. The van der Waals surface area contributed by atoms with Crippen molar-refractivity contribution in [2.75, 3.05) is 20.2 Å². The van der Waals surface area contributed by atoms with Crippen LogP contribution in [0, 0.1) is 0 Å². The lowest BCUT2D eigenvalue weighted by molar-refractivity contribution is 0.0963. The summed E-state index contributed by atoms with van der Waals surface area (Å²) in [7, 11) is 1.60. The zero-order valence-electron chi connectivity index (χ0n) is 8.12. The van der Waals surface area contributed by atoms with Crippen molar-refractivity contribution in [2.45, 2.75) is 0 Å². The molecule has 1 aromatic rings. The largest absolute Gasteiger partial charge is 0.492 e. The van der Waals surface area contributed by atoms with Crippen molar-refractivity contribution < 1.29 is 9.53 Å². The van der Waals surface area contributed by atoms with Crippen LogP contribution in [0.1, 0.15) is 10.4 Å². The average molecular weight is 194 g/mol. The van der Waals surface area contributed by atoms with Crippen LogP contribution in [-0.2, 0) is 0 Å². The quantitative estimate of drug-likeness (QED) is 0.728. The van der Waals surface area contributed by atoms with E-state index < -0.39 is 0 Å². The molecule has 0 bridgehead atoms. The Morgan fingerprint density at radius 2 is 2.07 bits per heavy atom. The summed E-state index contributed by atoms with van der Waals surface area (Å²) in [6.45, 7) is 0.969. The molecule has 0 aliphatic rings. The fraction of sp³-hybridized carbons (Fsp3) is 0.300. The van der Waals surface area contributed by atoms with Crippen LogP contribution in [0.15, 0.2) is 24.3 Å². The number of nitrogens with two attached hydrogens (primary N) is 1. The zero-order valence-corrected chi connectivity index (χ0v) is 8.12. The van der Waals surface area contributed by atoms with E-state index in [0.717, 1.165) is 5.75 Å². The SMILES string of the molecule is CNC(=O)c1ccc(OCCN)cc1. The Kier molecular flexibility index (Phi) is 3.94. The normalized spacial score (nSPS) is 9.57. The molecule has 0 fully saturated rings. The Labute approximate surface area is 83.1 Å². The molecule has 0 heterocycles. The molecule has 0 spiro atoms. The van der Waals surface area contributed by atoms with Gasteiger partial charge in [-0.1, -0.05) is 0 Å². The molecule has 0 aliphatic carbocycles. The predicted octanol–water partition coefficient (Wildman–Crippen LogP) is 0.384. The lowest BCUT2D eigenvalue weighted by atomic mass is 10.2. The Balaban J connectivity index is 2.63. The van der Waals surface area contributed by atoms with E-state index in [-0.39, 0.29) is 5.91 Å². The van der Waals surface area contributed by atoms with Gasteiger partial charge >= 0.3 is 0 Å². The summed E-state index contributed by atoms with van der Waals surface area (Å²) < 4.78 is 5.27. The minimum absolute atomic E-state index is 0.102. The van der Waals surface area contributed by atoms with E-state index in [1.54, 1.807) is 31.3 Å². The van der Waals surface area contributed by atoms with E-state index >= 15 is 0 Å². The van der Waals surface area contributed by atoms with Crippen molar-refractivity contribution in [3.8, 4) is 5.75 Å². The molecule has 0 aliphatic heterocycles. The van der Waals surface area contributed by atoms with Gasteiger partial charge < -0.3 is 15.8 Å². The molecule has 0 atom stereocenters. The number of hydrogen-bond donors (Lipinski definition) is 2. The Bertz CT molecular complexity index is 295. The van der Waals surface area contributed by atoms with Crippen LogP contribution in [0.2, 0.25) is 0 Å². The lowest BCUT2D eigenvalue weighted by Gasteiger charge is -2.04. The Hall–Kier alpha value is -1.55. The van der Waals surface area contributed by atoms with Crippen molar-refractivity contribution in [1.82, 2.24) is 5.32 Å². The number of carbonyl (C=O) groups excluding carboxylic acids is 1. The molecule has 0 saturated heterocycles. The first-order valence-corrected chi connectivity index (χ1v) is 4.43. The van der Waals surface area contributed by atoms with Crippen molar-refractivity contribution in [2.24, 2.45) is 5.73 Å². The van der Waals surface area contributed by atoms with E-state index in [9.17, 15) is 4.79 Å². The van der Waals surface area contributed by atoms with Gasteiger partial charge in [0.05, 0.1) is 0 Å². The van der Waals surface area contributed by atoms with Crippen LogP contribution < -0.4 is 15.8 Å². The number of amides is 1. The summed E-state index contributed by atoms with van der Waals surface area (Å²) in [5.74, 6) is 0.624. The van der Waals surface area contributed by atoms with Gasteiger partial charge in [-0.2, -0.15) is 0 Å². The molecule has 0 saturated carbocycles. The zero-order chi connectivity index (χ0) is 10.4. The maximum atomic E-state index is 11.2. The highest BCUT2D eigenvalue weighted by atomic mass is 16.5. The van der Waals surface area contributed by atoms with E-state index in [1.165, 1.54) is 0 Å². The molecule has 0 unspecified atom stereocenters. The second kappa shape index (κ2) is 5.24. The summed E-state index contributed by atoms with van der Waals surface area (Å²) in [5, 5.41) is 2.54. The van der Waals surface area contributed by atoms with Gasteiger partial charge in [0, 0.05) is 19.2 Å². The van der Waals surface area contributed by atoms with Gasteiger partial charge in [0.15, 0.2) is 0 Å². The first-order valence-electron chi connectivity index (χ1n) is 4.43. The van der Waals surface area contributed by atoms with E-state index in [1.807, 2.05) is 0 Å². The van der Waals surface area contributed by atoms with Gasteiger partial charge in [-0.3, -0.25) is 4.79 Å². The van der Waals surface area contributed by atoms with E-state index in [0.29, 0.717) is 18.7 Å². The maximum Gasteiger partial charge on any atom is 0.251 e. The molecule has 3 N–H and O–H groups in total. The number of ether oxygens (including phenoxy) is 1. The molecule has 0 radical (unpaired) electrons. The lowest BCUT2D eigenvalue weighted by Crippen LogP contribution is -2.17. The Morgan fingerprint density at radius 1 is 1.43 bits per heavy atom. The summed E-state index contributed by atoms with van der Waals surface area (Å²) in [4.78, 5) is 11.2. The third-order valence-electron chi connectivity index (χ3n) is 1.73. The van der Waals surface area contributed by atoms with Gasteiger partial charge in [-0.15, -0.1) is 0 Å². The summed E-state index contributed by atoms with van der Waals surface area (Å²) in [5.41, 5.74) is 5.91. The second-order valence-electron chi connectivity index (χ2n) is 2.74. The highest BCUT2D eigenvalue weighted by Gasteiger charge is 2.01. The molecular weight excluding hydrogens is 180 g/mol. The molecule has 1 amide bonds. The predicted molar refractivity (Wildman–Crippen MR) is 54.4 cm³/mol. The highest BCUT2D eigenvalue weighted by Crippen LogP contribution is 2.11. The molecule has 76 valence electrons. The van der Waals surface area contributed by atoms with Gasteiger partial charge in [-0.05, 0) is 24.3 Å². The second-order valence-corrected chi connectivity index (χ2v) is 2.74. The van der Waals surface area contributed by atoms with E-state index in [2.05, 4.69) is 5.32 Å². The molecule has 4 nitrogen and oxygen atoms in total. The third kappa shape index (κ3) is 2.74. The number of hydrogen-bond acceptors (Lipinski definition) is 3. The molecule has 4 heteroatoms. The van der Waals surface area contributed by atoms with Crippen molar-refractivity contribution in [1.29, 1.82) is 0 Å². The molecular formula is C10H14N2O2. The minimum Gasteiger partial charge on any atom is -0.492 e. The van der Waals surface area contributed by atoms with E-state index in [4.69, 9.17) is 10.5 Å². The fourth-order valence-electron chi connectivity index (χ4n) is 1.02. The fourth-order valence-corrected chi connectivity index (χ4v) is 1.02. The highest BCUT2D eigenvalue weighted by molar-refractivity contribution is 5.94. The standard InChI is InChI=1S/C10H14N2O2/c1-12-10(13)8-2-4-9(5-3-8)14-7-6-11/h2-5H,6-7,11H2,1H3,(H,12,13). The Morgan fingerprint density at radius 3 is 2.57 bits per heavy atom. The van der Waals surface area contributed by atoms with Crippen molar-refractivity contribution in [3.63, 3.8) is 0 Å². The van der Waals surface area contributed by atoms with Gasteiger partial charge in [0.1, 0.15) is 12.4 Å². The van der Waals surface area contributed by atoms with Crippen LogP contribution in [-0.4, -0.2) is 26.1 Å². The van der Waals surface area contributed by atoms with Crippen LogP contribution >= 0.6 is 0 Å². The molecule has 1 rings (SSSR count). The van der Waals surface area contributed by atoms with Gasteiger partial charge in [-0.25, -0.2) is 0 Å². The van der Waals surface area contributed by atoms with Crippen LogP contribution in [0.5, 0.6) is 5.75 Å². The van der Waals surface area contributed by atoms with Crippen molar-refractivity contribution >= 4 is 5.91 Å². The van der Waals surface area contributed by atoms with Crippen LogP contribution in [0.3, 0.4) is 0 Å². The number of nitrogens with one attached hydrogen (secondary N) is 1. The van der Waals surface area contributed by atoms with Crippen LogP contribution in [0.4, 0.5) is 0 Å². The third-order valence-corrected chi connectivity index (χ3v) is 1.73. The number of benzene rings is 1. The minimum atomic E-state index is -0.102. The summed E-state index contributed by atoms with van der Waals surface area (Å²) >= 11 is 0. The monoisotopic (exact) mass is 194 g/mol. The molecule has 1 aromatic carbocycles. The first kappa shape index (κ1) is 10.5. The average Bonchev–Trinajstić information content (AvgIpc) is 2.26. The summed E-state index contributed by atoms with van der Waals surface area (Å²) in [6.07, 6.45) is 0. The van der Waals surface area contributed by atoms with Gasteiger partial charge in [0.25, 0.3) is 5.91 Å². The summed E-state index contributed by atoms with van der Waals surface area (Å²) in [6, 6.07) is 6.93.